The number of nitrogens with zero attached hydrogens (tertiary/aromatic N) is 1. The van der Waals surface area contributed by atoms with Crippen LogP contribution in [0.4, 0.5) is 10.1 Å². The Morgan fingerprint density at radius 3 is 2.71 bits per heavy atom. The fourth-order valence-corrected chi connectivity index (χ4v) is 4.36. The van der Waals surface area contributed by atoms with Gasteiger partial charge in [0.15, 0.2) is 0 Å². The van der Waals surface area contributed by atoms with E-state index in [2.05, 4.69) is 25.6 Å². The Bertz CT molecular complexity index is 664. The summed E-state index contributed by atoms with van der Waals surface area (Å²) in [5.74, 6) is -0.805. The molecule has 5 nitrogen and oxygen atoms in total. The van der Waals surface area contributed by atoms with Gasteiger partial charge in [-0.25, -0.2) is 17.5 Å². The molecule has 0 radical (unpaired) electrons. The van der Waals surface area contributed by atoms with Gasteiger partial charge in [-0.2, -0.15) is 0 Å². The molecule has 1 aliphatic heterocycles. The highest BCUT2D eigenvalue weighted by molar-refractivity contribution is 9.10. The van der Waals surface area contributed by atoms with E-state index in [1.807, 2.05) is 0 Å². The predicted octanol–water partition coefficient (Wildman–Crippen LogP) is 1.69. The molecular formula is C13H17BrFN3O2S. The topological polar surface area (TPSA) is 75.4 Å². The van der Waals surface area contributed by atoms with E-state index in [-0.39, 0.29) is 11.7 Å². The highest BCUT2D eigenvalue weighted by Crippen LogP contribution is 2.31. The summed E-state index contributed by atoms with van der Waals surface area (Å²) < 4.78 is 41.5. The van der Waals surface area contributed by atoms with Crippen LogP contribution in [-0.4, -0.2) is 38.5 Å². The molecule has 1 unspecified atom stereocenters. The minimum Gasteiger partial charge on any atom is -0.398 e. The standard InChI is InChI=1S/C13H17BrFN3O2S/c14-10-5-11(15)13(6-12(10)16)21(19,20)17-8-3-4-18(7-8)9-1-2-9/h5-6,8-9,17H,1-4,7,16H2. The van der Waals surface area contributed by atoms with Gasteiger partial charge in [-0.3, -0.25) is 4.90 Å². The fourth-order valence-electron chi connectivity index (χ4n) is 2.69. The Morgan fingerprint density at radius 1 is 1.33 bits per heavy atom. The maximum absolute atomic E-state index is 13.9. The van der Waals surface area contributed by atoms with E-state index >= 15 is 0 Å². The Labute approximate surface area is 131 Å². The van der Waals surface area contributed by atoms with Gasteiger partial charge in [0.25, 0.3) is 0 Å². The van der Waals surface area contributed by atoms with Crippen LogP contribution in [0.5, 0.6) is 0 Å². The molecule has 1 atom stereocenters. The highest BCUT2D eigenvalue weighted by atomic mass is 79.9. The summed E-state index contributed by atoms with van der Waals surface area (Å²) >= 11 is 3.08. The number of sulfonamides is 1. The Kier molecular flexibility index (Phi) is 3.98. The molecule has 116 valence electrons. The number of likely N-dealkylation sites (tertiary alicyclic amines) is 1. The zero-order valence-corrected chi connectivity index (χ0v) is 13.8. The summed E-state index contributed by atoms with van der Waals surface area (Å²) in [6.07, 6.45) is 3.14. The molecule has 1 saturated heterocycles. The van der Waals surface area contributed by atoms with Crippen molar-refractivity contribution < 1.29 is 12.8 Å². The van der Waals surface area contributed by atoms with Gasteiger partial charge >= 0.3 is 0 Å². The van der Waals surface area contributed by atoms with Crippen LogP contribution < -0.4 is 10.5 Å². The van der Waals surface area contributed by atoms with Gasteiger partial charge in [-0.05, 0) is 47.3 Å². The van der Waals surface area contributed by atoms with Gasteiger partial charge in [0.1, 0.15) is 10.7 Å². The summed E-state index contributed by atoms with van der Waals surface area (Å²) in [6, 6.07) is 2.67. The summed E-state index contributed by atoms with van der Waals surface area (Å²) in [5.41, 5.74) is 5.85. The van der Waals surface area contributed by atoms with E-state index in [1.54, 1.807) is 0 Å². The number of nitrogens with two attached hydrogens (primary N) is 1. The van der Waals surface area contributed by atoms with Crippen molar-refractivity contribution in [1.29, 1.82) is 0 Å². The zero-order valence-electron chi connectivity index (χ0n) is 11.4. The van der Waals surface area contributed by atoms with Crippen molar-refractivity contribution >= 4 is 31.6 Å². The van der Waals surface area contributed by atoms with Crippen LogP contribution >= 0.6 is 15.9 Å². The van der Waals surface area contributed by atoms with Gasteiger partial charge in [0, 0.05) is 35.3 Å². The van der Waals surface area contributed by atoms with Crippen molar-refractivity contribution in [2.45, 2.75) is 36.2 Å². The normalized spacial score (nSPS) is 23.6. The molecule has 2 fully saturated rings. The molecule has 1 aromatic carbocycles. The van der Waals surface area contributed by atoms with Gasteiger partial charge in [-0.15, -0.1) is 0 Å². The molecule has 1 saturated carbocycles. The fraction of sp³-hybridized carbons (Fsp3) is 0.538. The van der Waals surface area contributed by atoms with Crippen molar-refractivity contribution in [2.24, 2.45) is 0 Å². The van der Waals surface area contributed by atoms with Crippen molar-refractivity contribution in [3.8, 4) is 0 Å². The molecule has 8 heteroatoms. The van der Waals surface area contributed by atoms with Gasteiger partial charge in [-0.1, -0.05) is 0 Å². The third-order valence-electron chi connectivity index (χ3n) is 3.95. The first-order valence-corrected chi connectivity index (χ1v) is 9.15. The molecule has 0 bridgehead atoms. The van der Waals surface area contributed by atoms with E-state index in [0.29, 0.717) is 17.1 Å². The van der Waals surface area contributed by atoms with Crippen molar-refractivity contribution in [2.75, 3.05) is 18.8 Å². The van der Waals surface area contributed by atoms with Gasteiger partial charge in [0.05, 0.1) is 0 Å². The number of nitrogens with one attached hydrogen (secondary N) is 1. The van der Waals surface area contributed by atoms with Gasteiger partial charge in [0.2, 0.25) is 10.0 Å². The number of anilines is 1. The molecule has 3 rings (SSSR count). The third kappa shape index (κ3) is 3.23. The number of halogens is 2. The van der Waals surface area contributed by atoms with Gasteiger partial charge < -0.3 is 5.73 Å². The lowest BCUT2D eigenvalue weighted by Crippen LogP contribution is -2.37. The van der Waals surface area contributed by atoms with Crippen LogP contribution in [0.1, 0.15) is 19.3 Å². The molecule has 2 aliphatic rings. The lowest BCUT2D eigenvalue weighted by molar-refractivity contribution is 0.322. The second kappa shape index (κ2) is 5.49. The monoisotopic (exact) mass is 377 g/mol. The third-order valence-corrected chi connectivity index (χ3v) is 6.17. The van der Waals surface area contributed by atoms with Crippen LogP contribution in [-0.2, 0) is 10.0 Å². The van der Waals surface area contributed by atoms with E-state index in [9.17, 15) is 12.8 Å². The summed E-state index contributed by atoms with van der Waals surface area (Å²) in [7, 11) is -3.89. The first-order valence-electron chi connectivity index (χ1n) is 6.88. The molecule has 1 aromatic rings. The Hall–Kier alpha value is -0.700. The first-order chi connectivity index (χ1) is 9.87. The minimum absolute atomic E-state index is 0.167. The number of hydrogen-bond donors (Lipinski definition) is 2. The lowest BCUT2D eigenvalue weighted by Gasteiger charge is -2.16. The molecule has 21 heavy (non-hydrogen) atoms. The summed E-state index contributed by atoms with van der Waals surface area (Å²) in [5, 5.41) is 0. The maximum Gasteiger partial charge on any atom is 0.243 e. The Balaban J connectivity index is 1.76. The van der Waals surface area contributed by atoms with Crippen LogP contribution in [0.15, 0.2) is 21.5 Å². The minimum atomic E-state index is -3.89. The number of benzene rings is 1. The molecule has 3 N–H and O–H groups in total. The smallest absolute Gasteiger partial charge is 0.243 e. The molecule has 0 aromatic heterocycles. The van der Waals surface area contributed by atoms with E-state index in [0.717, 1.165) is 25.1 Å². The highest BCUT2D eigenvalue weighted by Gasteiger charge is 2.36. The van der Waals surface area contributed by atoms with Crippen LogP contribution in [0.25, 0.3) is 0 Å². The number of hydrogen-bond acceptors (Lipinski definition) is 4. The quantitative estimate of drug-likeness (QED) is 0.782. The van der Waals surface area contributed by atoms with Crippen LogP contribution in [0, 0.1) is 5.82 Å². The average molecular weight is 378 g/mol. The second-order valence-corrected chi connectivity index (χ2v) is 8.17. The van der Waals surface area contributed by atoms with Crippen LogP contribution in [0.2, 0.25) is 0 Å². The van der Waals surface area contributed by atoms with E-state index in [4.69, 9.17) is 5.73 Å². The molecule has 1 aliphatic carbocycles. The van der Waals surface area contributed by atoms with E-state index < -0.39 is 20.7 Å². The summed E-state index contributed by atoms with van der Waals surface area (Å²) in [6.45, 7) is 1.58. The number of rotatable bonds is 4. The first kappa shape index (κ1) is 15.2. The van der Waals surface area contributed by atoms with Crippen molar-refractivity contribution in [3.05, 3.63) is 22.4 Å². The molecule has 1 heterocycles. The maximum atomic E-state index is 13.9. The zero-order chi connectivity index (χ0) is 15.2. The molecular weight excluding hydrogens is 361 g/mol. The Morgan fingerprint density at radius 2 is 2.05 bits per heavy atom. The van der Waals surface area contributed by atoms with E-state index in [1.165, 1.54) is 12.8 Å². The van der Waals surface area contributed by atoms with Crippen molar-refractivity contribution in [1.82, 2.24) is 9.62 Å². The lowest BCUT2D eigenvalue weighted by atomic mass is 10.3. The average Bonchev–Trinajstić information content (AvgIpc) is 3.15. The van der Waals surface area contributed by atoms with Crippen molar-refractivity contribution in [3.63, 3.8) is 0 Å². The largest absolute Gasteiger partial charge is 0.398 e. The molecule has 0 amide bonds. The second-order valence-electron chi connectivity index (χ2n) is 5.64. The summed E-state index contributed by atoms with van der Waals surface area (Å²) in [4.78, 5) is 1.90. The molecule has 0 spiro atoms. The SMILES string of the molecule is Nc1cc(S(=O)(=O)NC2CCN(C3CC3)C2)c(F)cc1Br. The predicted molar refractivity (Wildman–Crippen MR) is 81.8 cm³/mol. The van der Waals surface area contributed by atoms with Crippen LogP contribution in [0.3, 0.4) is 0 Å². The number of nitrogen functional groups attached to an aromatic ring is 1.